The third-order valence-electron chi connectivity index (χ3n) is 5.06. The normalized spacial score (nSPS) is 27.6. The third kappa shape index (κ3) is 4.38. The smallest absolute Gasteiger partial charge is 0.330 e. The zero-order valence-electron chi connectivity index (χ0n) is 14.4. The lowest BCUT2D eigenvalue weighted by atomic mass is 9.88. The molecular formula is C19H26N2O4. The Balaban J connectivity index is 1.68. The number of piperidine rings is 1. The molecule has 0 aromatic heterocycles. The number of carboxylic acids is 1. The fourth-order valence-electron chi connectivity index (χ4n) is 3.71. The van der Waals surface area contributed by atoms with Crippen LogP contribution in [0.25, 0.3) is 0 Å². The summed E-state index contributed by atoms with van der Waals surface area (Å²) in [4.78, 5) is 26.6. The molecule has 6 heteroatoms. The summed E-state index contributed by atoms with van der Waals surface area (Å²) in [6.45, 7) is 2.40. The van der Waals surface area contributed by atoms with Crippen LogP contribution in [0, 0.1) is 0 Å². The molecule has 0 radical (unpaired) electrons. The zero-order chi connectivity index (χ0) is 17.7. The van der Waals surface area contributed by atoms with Gasteiger partial charge < -0.3 is 15.2 Å². The van der Waals surface area contributed by atoms with Gasteiger partial charge in [-0.3, -0.25) is 9.69 Å². The topological polar surface area (TPSA) is 78.9 Å². The van der Waals surface area contributed by atoms with E-state index >= 15 is 0 Å². The molecule has 2 saturated heterocycles. The molecule has 2 atom stereocenters. The van der Waals surface area contributed by atoms with Crippen LogP contribution in [0.1, 0.15) is 37.7 Å². The first-order chi connectivity index (χ1) is 12.1. The van der Waals surface area contributed by atoms with Crippen molar-refractivity contribution in [1.29, 1.82) is 0 Å². The first kappa shape index (κ1) is 17.9. The molecule has 2 N–H and O–H groups in total. The van der Waals surface area contributed by atoms with Crippen molar-refractivity contribution < 1.29 is 19.4 Å². The van der Waals surface area contributed by atoms with Crippen LogP contribution >= 0.6 is 0 Å². The van der Waals surface area contributed by atoms with Crippen molar-refractivity contribution in [2.75, 3.05) is 19.7 Å². The molecule has 0 saturated carbocycles. The lowest BCUT2D eigenvalue weighted by molar-refractivity contribution is -0.153. The highest BCUT2D eigenvalue weighted by molar-refractivity contribution is 5.89. The summed E-state index contributed by atoms with van der Waals surface area (Å²) in [7, 11) is 0. The summed E-state index contributed by atoms with van der Waals surface area (Å²) < 4.78 is 5.51. The van der Waals surface area contributed by atoms with Gasteiger partial charge in [0.2, 0.25) is 5.91 Å². The molecule has 2 aliphatic heterocycles. The average Bonchev–Trinajstić information content (AvgIpc) is 2.63. The van der Waals surface area contributed by atoms with E-state index in [1.165, 1.54) is 0 Å². The number of benzene rings is 1. The maximum Gasteiger partial charge on any atom is 0.330 e. The van der Waals surface area contributed by atoms with Crippen LogP contribution in [0.4, 0.5) is 0 Å². The molecule has 0 bridgehead atoms. The second kappa shape index (κ2) is 7.97. The van der Waals surface area contributed by atoms with E-state index in [2.05, 4.69) is 10.2 Å². The number of hydrogen-bond donors (Lipinski definition) is 2. The number of carbonyl (C=O) groups excluding carboxylic acids is 1. The number of nitrogens with zero attached hydrogens (tertiary/aromatic N) is 1. The summed E-state index contributed by atoms with van der Waals surface area (Å²) in [6, 6.07) is 9.99. The van der Waals surface area contributed by atoms with E-state index in [0.717, 1.165) is 31.4 Å². The molecule has 25 heavy (non-hydrogen) atoms. The Morgan fingerprint density at radius 2 is 2.04 bits per heavy atom. The predicted octanol–water partition coefficient (Wildman–Crippen LogP) is 1.79. The highest BCUT2D eigenvalue weighted by Crippen LogP contribution is 2.24. The number of likely N-dealkylation sites (tertiary alicyclic amines) is 1. The molecule has 3 rings (SSSR count). The van der Waals surface area contributed by atoms with E-state index in [0.29, 0.717) is 32.5 Å². The van der Waals surface area contributed by atoms with E-state index in [9.17, 15) is 14.7 Å². The number of hydrogen-bond acceptors (Lipinski definition) is 4. The van der Waals surface area contributed by atoms with Crippen molar-refractivity contribution in [3.05, 3.63) is 35.9 Å². The Hall–Kier alpha value is -1.92. The number of carbonyl (C=O) groups is 2. The fourth-order valence-corrected chi connectivity index (χ4v) is 3.71. The van der Waals surface area contributed by atoms with Crippen LogP contribution in [0.3, 0.4) is 0 Å². The number of carboxylic acid groups (broad SMARTS) is 1. The van der Waals surface area contributed by atoms with Crippen LogP contribution in [-0.2, 0) is 20.9 Å². The van der Waals surface area contributed by atoms with E-state index in [1.807, 2.05) is 30.3 Å². The maximum atomic E-state index is 12.5. The van der Waals surface area contributed by atoms with Gasteiger partial charge in [0, 0.05) is 19.7 Å². The van der Waals surface area contributed by atoms with E-state index < -0.39 is 17.6 Å². The molecule has 0 spiro atoms. The molecule has 2 fully saturated rings. The Labute approximate surface area is 148 Å². The molecule has 2 heterocycles. The summed E-state index contributed by atoms with van der Waals surface area (Å²) in [5, 5.41) is 12.6. The molecule has 1 aromatic rings. The Kier molecular flexibility index (Phi) is 5.71. The monoisotopic (exact) mass is 346 g/mol. The van der Waals surface area contributed by atoms with Crippen LogP contribution < -0.4 is 5.32 Å². The SMILES string of the molecule is O=C(NC1(C(=O)O)CCCN(Cc2ccccc2)C1)C1CCCCO1. The second-order valence-electron chi connectivity index (χ2n) is 7.03. The Morgan fingerprint density at radius 1 is 1.24 bits per heavy atom. The number of aliphatic carboxylic acids is 1. The number of rotatable bonds is 5. The average molecular weight is 346 g/mol. The summed E-state index contributed by atoms with van der Waals surface area (Å²) >= 11 is 0. The lowest BCUT2D eigenvalue weighted by Crippen LogP contribution is -2.64. The van der Waals surface area contributed by atoms with Crippen LogP contribution in [0.5, 0.6) is 0 Å². The highest BCUT2D eigenvalue weighted by atomic mass is 16.5. The van der Waals surface area contributed by atoms with E-state index in [1.54, 1.807) is 0 Å². The van der Waals surface area contributed by atoms with Gasteiger partial charge in [0.15, 0.2) is 5.54 Å². The largest absolute Gasteiger partial charge is 0.479 e. The van der Waals surface area contributed by atoms with Gasteiger partial charge in [0.1, 0.15) is 6.10 Å². The summed E-state index contributed by atoms with van der Waals surface area (Å²) in [6.07, 6.45) is 3.23. The minimum absolute atomic E-state index is 0.288. The van der Waals surface area contributed by atoms with Crippen molar-refractivity contribution in [1.82, 2.24) is 10.2 Å². The minimum Gasteiger partial charge on any atom is -0.479 e. The van der Waals surface area contributed by atoms with Crippen molar-refractivity contribution >= 4 is 11.9 Å². The van der Waals surface area contributed by atoms with Gasteiger partial charge in [-0.05, 0) is 44.2 Å². The summed E-state index contributed by atoms with van der Waals surface area (Å²) in [5.41, 5.74) is -0.0871. The third-order valence-corrected chi connectivity index (χ3v) is 5.06. The van der Waals surface area contributed by atoms with E-state index in [4.69, 9.17) is 4.74 Å². The van der Waals surface area contributed by atoms with Gasteiger partial charge in [0.25, 0.3) is 0 Å². The molecule has 2 aliphatic rings. The second-order valence-corrected chi connectivity index (χ2v) is 7.03. The zero-order valence-corrected chi connectivity index (χ0v) is 14.4. The lowest BCUT2D eigenvalue weighted by Gasteiger charge is -2.41. The van der Waals surface area contributed by atoms with Crippen molar-refractivity contribution in [3.8, 4) is 0 Å². The first-order valence-corrected chi connectivity index (χ1v) is 9.02. The molecule has 1 aromatic carbocycles. The van der Waals surface area contributed by atoms with Crippen molar-refractivity contribution in [3.63, 3.8) is 0 Å². The number of ether oxygens (including phenoxy) is 1. The van der Waals surface area contributed by atoms with Gasteiger partial charge in [-0.25, -0.2) is 4.79 Å². The van der Waals surface area contributed by atoms with Crippen molar-refractivity contribution in [2.24, 2.45) is 0 Å². The quantitative estimate of drug-likeness (QED) is 0.850. The summed E-state index contributed by atoms with van der Waals surface area (Å²) in [5.74, 6) is -1.25. The molecule has 136 valence electrons. The van der Waals surface area contributed by atoms with Crippen molar-refractivity contribution in [2.45, 2.75) is 50.3 Å². The molecule has 6 nitrogen and oxygen atoms in total. The van der Waals surface area contributed by atoms with Crippen LogP contribution in [0.15, 0.2) is 30.3 Å². The number of amides is 1. The standard InChI is InChI=1S/C19H26N2O4/c22-17(16-9-4-5-12-25-16)20-19(18(23)24)10-6-11-21(14-19)13-15-7-2-1-3-8-15/h1-3,7-8,16H,4-6,9-14H2,(H,20,22)(H,23,24). The number of nitrogens with one attached hydrogen (secondary N) is 1. The van der Waals surface area contributed by atoms with Gasteiger partial charge in [-0.15, -0.1) is 0 Å². The molecule has 1 amide bonds. The molecule has 2 unspecified atom stereocenters. The Morgan fingerprint density at radius 3 is 2.72 bits per heavy atom. The van der Waals surface area contributed by atoms with Crippen LogP contribution in [0.2, 0.25) is 0 Å². The van der Waals surface area contributed by atoms with Gasteiger partial charge in [0.05, 0.1) is 0 Å². The fraction of sp³-hybridized carbons (Fsp3) is 0.579. The van der Waals surface area contributed by atoms with Gasteiger partial charge in [-0.2, -0.15) is 0 Å². The minimum atomic E-state index is -1.23. The van der Waals surface area contributed by atoms with Gasteiger partial charge >= 0.3 is 5.97 Å². The maximum absolute atomic E-state index is 12.5. The Bertz CT molecular complexity index is 601. The highest BCUT2D eigenvalue weighted by Gasteiger charge is 2.44. The van der Waals surface area contributed by atoms with Gasteiger partial charge in [-0.1, -0.05) is 30.3 Å². The van der Waals surface area contributed by atoms with E-state index in [-0.39, 0.29) is 5.91 Å². The van der Waals surface area contributed by atoms with Crippen LogP contribution in [-0.4, -0.2) is 53.2 Å². The molecule has 0 aliphatic carbocycles. The first-order valence-electron chi connectivity index (χ1n) is 9.02. The molecular weight excluding hydrogens is 320 g/mol. The predicted molar refractivity (Wildman–Crippen MR) is 93.1 cm³/mol.